The van der Waals surface area contributed by atoms with Crippen LogP contribution in [0.15, 0.2) is 12.1 Å². The molecule has 1 aromatic carbocycles. The second kappa shape index (κ2) is 4.57. The quantitative estimate of drug-likeness (QED) is 0.900. The largest absolute Gasteiger partial charge is 0.496 e. The lowest BCUT2D eigenvalue weighted by Crippen LogP contribution is -2.23. The fourth-order valence-electron chi connectivity index (χ4n) is 2.80. The van der Waals surface area contributed by atoms with E-state index in [9.17, 15) is 9.59 Å². The van der Waals surface area contributed by atoms with Gasteiger partial charge in [-0.25, -0.2) is 0 Å². The smallest absolute Gasteiger partial charge is 0.304 e. The van der Waals surface area contributed by atoms with Crippen molar-refractivity contribution in [2.75, 3.05) is 14.2 Å². The van der Waals surface area contributed by atoms with Crippen LogP contribution >= 0.6 is 0 Å². The minimum Gasteiger partial charge on any atom is -0.496 e. The normalized spacial score (nSPS) is 21.1. The Hall–Kier alpha value is -2.04. The molecular weight excluding hydrogens is 248 g/mol. The zero-order valence-corrected chi connectivity index (χ0v) is 11.1. The lowest BCUT2D eigenvalue weighted by molar-refractivity contribution is -0.138. The predicted octanol–water partition coefficient (Wildman–Crippen LogP) is 2.02. The highest BCUT2D eigenvalue weighted by Gasteiger charge is 2.45. The summed E-state index contributed by atoms with van der Waals surface area (Å²) in [4.78, 5) is 23.2. The van der Waals surface area contributed by atoms with E-state index in [4.69, 9.17) is 14.6 Å². The van der Waals surface area contributed by atoms with Crippen molar-refractivity contribution in [1.82, 2.24) is 0 Å². The van der Waals surface area contributed by atoms with Crippen LogP contribution in [0.2, 0.25) is 0 Å². The molecule has 2 rings (SSSR count). The number of rotatable bonds is 4. The van der Waals surface area contributed by atoms with Crippen LogP contribution in [0.25, 0.3) is 0 Å². The zero-order valence-electron chi connectivity index (χ0n) is 11.1. The summed E-state index contributed by atoms with van der Waals surface area (Å²) in [5.41, 5.74) is 0.338. The van der Waals surface area contributed by atoms with Gasteiger partial charge < -0.3 is 14.6 Å². The first-order valence-corrected chi connectivity index (χ1v) is 5.93. The number of aliphatic carboxylic acids is 1. The first-order chi connectivity index (χ1) is 8.92. The molecule has 0 fully saturated rings. The van der Waals surface area contributed by atoms with Gasteiger partial charge in [0, 0.05) is 17.4 Å². The molecule has 0 saturated heterocycles. The summed E-state index contributed by atoms with van der Waals surface area (Å²) in [5.74, 6) is -0.0390. The first-order valence-electron chi connectivity index (χ1n) is 5.93. The van der Waals surface area contributed by atoms with Crippen molar-refractivity contribution in [2.45, 2.75) is 25.2 Å². The van der Waals surface area contributed by atoms with E-state index in [-0.39, 0.29) is 18.6 Å². The van der Waals surface area contributed by atoms with Gasteiger partial charge in [-0.3, -0.25) is 9.59 Å². The van der Waals surface area contributed by atoms with Crippen LogP contribution in [0.5, 0.6) is 11.5 Å². The lowest BCUT2D eigenvalue weighted by Gasteiger charge is -2.24. The fourth-order valence-corrected chi connectivity index (χ4v) is 2.80. The van der Waals surface area contributed by atoms with Crippen molar-refractivity contribution >= 4 is 11.8 Å². The number of fused-ring (bicyclic) bond motifs is 1. The van der Waals surface area contributed by atoms with Gasteiger partial charge >= 0.3 is 5.97 Å². The Bertz CT molecular complexity index is 549. The second-order valence-electron chi connectivity index (χ2n) is 4.95. The van der Waals surface area contributed by atoms with Crippen LogP contribution < -0.4 is 9.47 Å². The summed E-state index contributed by atoms with van der Waals surface area (Å²) in [6.45, 7) is 1.77. The van der Waals surface area contributed by atoms with Crippen molar-refractivity contribution in [3.05, 3.63) is 23.3 Å². The molecule has 0 amide bonds. The zero-order chi connectivity index (χ0) is 14.2. The molecule has 0 radical (unpaired) electrons. The highest BCUT2D eigenvalue weighted by Crippen LogP contribution is 2.49. The van der Waals surface area contributed by atoms with Gasteiger partial charge in [0.05, 0.1) is 26.2 Å². The maximum Gasteiger partial charge on any atom is 0.304 e. The Morgan fingerprint density at radius 1 is 1.32 bits per heavy atom. The molecule has 5 nitrogen and oxygen atoms in total. The van der Waals surface area contributed by atoms with Crippen molar-refractivity contribution in [1.29, 1.82) is 0 Å². The summed E-state index contributed by atoms with van der Waals surface area (Å²) in [5, 5.41) is 9.06. The van der Waals surface area contributed by atoms with Gasteiger partial charge in [0.1, 0.15) is 11.5 Å². The molecule has 0 saturated carbocycles. The van der Waals surface area contributed by atoms with Crippen molar-refractivity contribution in [2.24, 2.45) is 0 Å². The lowest BCUT2D eigenvalue weighted by atomic mass is 9.80. The Morgan fingerprint density at radius 3 is 2.42 bits per heavy atom. The van der Waals surface area contributed by atoms with Crippen LogP contribution in [-0.2, 0) is 10.2 Å². The average Bonchev–Trinajstić information content (AvgIpc) is 2.60. The van der Waals surface area contributed by atoms with E-state index in [0.717, 1.165) is 0 Å². The highest BCUT2D eigenvalue weighted by molar-refractivity contribution is 6.06. The minimum atomic E-state index is -0.937. The van der Waals surface area contributed by atoms with Gasteiger partial charge in [0.25, 0.3) is 0 Å². The second-order valence-corrected chi connectivity index (χ2v) is 4.95. The Kier molecular flexibility index (Phi) is 3.22. The molecule has 5 heteroatoms. The number of ether oxygens (including phenoxy) is 2. The molecule has 19 heavy (non-hydrogen) atoms. The molecule has 0 heterocycles. The number of hydrogen-bond donors (Lipinski definition) is 1. The number of carbonyl (C=O) groups is 2. The Labute approximate surface area is 111 Å². The van der Waals surface area contributed by atoms with Crippen LogP contribution in [-0.4, -0.2) is 31.1 Å². The summed E-state index contributed by atoms with van der Waals surface area (Å²) < 4.78 is 10.5. The third kappa shape index (κ3) is 2.05. The summed E-state index contributed by atoms with van der Waals surface area (Å²) >= 11 is 0. The average molecular weight is 264 g/mol. The number of methoxy groups -OCH3 is 2. The molecule has 0 spiro atoms. The molecule has 1 aliphatic carbocycles. The van der Waals surface area contributed by atoms with Crippen LogP contribution in [0, 0.1) is 0 Å². The number of carboxylic acid groups (broad SMARTS) is 1. The van der Waals surface area contributed by atoms with E-state index in [1.54, 1.807) is 19.1 Å². The van der Waals surface area contributed by atoms with Crippen LogP contribution in [0.1, 0.15) is 35.7 Å². The number of benzene rings is 1. The third-order valence-corrected chi connectivity index (χ3v) is 3.54. The van der Waals surface area contributed by atoms with Gasteiger partial charge in [-0.2, -0.15) is 0 Å². The van der Waals surface area contributed by atoms with Gasteiger partial charge in [-0.05, 0) is 12.1 Å². The molecule has 0 aromatic heterocycles. The third-order valence-electron chi connectivity index (χ3n) is 3.54. The molecule has 0 bridgehead atoms. The standard InChI is InChI=1S/C14H16O5/c1-14(7-11(16)17)6-8(15)12-9(18-2)4-5-10(19-3)13(12)14/h4-5H,6-7H2,1-3H3,(H,16,17). The number of Topliss-reactive ketones (excluding diaryl/α,β-unsaturated/α-hetero) is 1. The van der Waals surface area contributed by atoms with Gasteiger partial charge in [-0.15, -0.1) is 0 Å². The molecule has 1 aromatic rings. The number of ketones is 1. The summed E-state index contributed by atoms with van der Waals surface area (Å²) in [6.07, 6.45) is 0.0423. The van der Waals surface area contributed by atoms with Crippen molar-refractivity contribution in [3.63, 3.8) is 0 Å². The van der Waals surface area contributed by atoms with E-state index in [1.165, 1.54) is 14.2 Å². The van der Waals surface area contributed by atoms with Crippen molar-refractivity contribution in [3.8, 4) is 11.5 Å². The number of carboxylic acids is 1. The maximum absolute atomic E-state index is 12.2. The fraction of sp³-hybridized carbons (Fsp3) is 0.429. The Morgan fingerprint density at radius 2 is 1.89 bits per heavy atom. The minimum absolute atomic E-state index is 0.102. The van der Waals surface area contributed by atoms with E-state index < -0.39 is 11.4 Å². The molecular formula is C14H16O5. The molecule has 1 unspecified atom stereocenters. The van der Waals surface area contributed by atoms with Gasteiger partial charge in [-0.1, -0.05) is 6.92 Å². The molecule has 1 aliphatic rings. The van der Waals surface area contributed by atoms with E-state index >= 15 is 0 Å². The first kappa shape index (κ1) is 13.4. The maximum atomic E-state index is 12.2. The molecule has 1 atom stereocenters. The number of hydrogen-bond acceptors (Lipinski definition) is 4. The predicted molar refractivity (Wildman–Crippen MR) is 68.1 cm³/mol. The molecule has 102 valence electrons. The van der Waals surface area contributed by atoms with E-state index in [0.29, 0.717) is 22.6 Å². The summed E-state index contributed by atoms with van der Waals surface area (Å²) in [7, 11) is 2.99. The SMILES string of the molecule is COc1ccc(OC)c2c1C(=O)CC2(C)CC(=O)O. The van der Waals surface area contributed by atoms with Crippen molar-refractivity contribution < 1.29 is 24.2 Å². The van der Waals surface area contributed by atoms with Crippen LogP contribution in [0.4, 0.5) is 0 Å². The van der Waals surface area contributed by atoms with Gasteiger partial charge in [0.2, 0.25) is 0 Å². The number of carbonyl (C=O) groups excluding carboxylic acids is 1. The summed E-state index contributed by atoms with van der Waals surface area (Å²) in [6, 6.07) is 3.37. The Balaban J connectivity index is 2.67. The van der Waals surface area contributed by atoms with Gasteiger partial charge in [0.15, 0.2) is 5.78 Å². The topological polar surface area (TPSA) is 72.8 Å². The van der Waals surface area contributed by atoms with Crippen LogP contribution in [0.3, 0.4) is 0 Å². The molecule has 1 N–H and O–H groups in total. The highest BCUT2D eigenvalue weighted by atomic mass is 16.5. The molecule has 0 aliphatic heterocycles. The van der Waals surface area contributed by atoms with E-state index in [2.05, 4.69) is 0 Å². The van der Waals surface area contributed by atoms with E-state index in [1.807, 2.05) is 0 Å². The monoisotopic (exact) mass is 264 g/mol.